The lowest BCUT2D eigenvalue weighted by atomic mass is 10.0. The highest BCUT2D eigenvalue weighted by Gasteiger charge is 2.27. The third-order valence-corrected chi connectivity index (χ3v) is 4.44. The zero-order valence-electron chi connectivity index (χ0n) is 16.3. The van der Waals surface area contributed by atoms with E-state index in [1.807, 2.05) is 24.3 Å². The smallest absolute Gasteiger partial charge is 0.326 e. The number of guanidine groups is 1. The van der Waals surface area contributed by atoms with E-state index < -0.39 is 29.9 Å². The Labute approximate surface area is 173 Å². The number of aliphatic imine (C=N–C) groups is 1. The predicted octanol–water partition coefficient (Wildman–Crippen LogP) is -1.06. The van der Waals surface area contributed by atoms with Crippen LogP contribution in [-0.2, 0) is 20.8 Å². The number of carboxylic acids is 1. The van der Waals surface area contributed by atoms with Gasteiger partial charge in [-0.05, 0) is 24.5 Å². The number of carbonyl (C=O) groups excluding carboxylic acids is 2. The van der Waals surface area contributed by atoms with Gasteiger partial charge in [0.1, 0.15) is 18.6 Å². The van der Waals surface area contributed by atoms with Gasteiger partial charge in [0, 0.05) is 30.1 Å². The molecule has 0 fully saturated rings. The van der Waals surface area contributed by atoms with E-state index in [9.17, 15) is 19.5 Å². The summed E-state index contributed by atoms with van der Waals surface area (Å²) in [6, 6.07) is 5.28. The molecule has 161 valence electrons. The molecule has 11 nitrogen and oxygen atoms in total. The van der Waals surface area contributed by atoms with Gasteiger partial charge in [-0.3, -0.25) is 14.6 Å². The molecule has 11 heteroatoms. The second-order valence-electron chi connectivity index (χ2n) is 6.64. The molecule has 2 atom stereocenters. The Morgan fingerprint density at radius 3 is 2.57 bits per heavy atom. The van der Waals surface area contributed by atoms with E-state index in [1.54, 1.807) is 6.20 Å². The van der Waals surface area contributed by atoms with E-state index >= 15 is 0 Å². The van der Waals surface area contributed by atoms with Crippen molar-refractivity contribution in [1.29, 1.82) is 0 Å². The van der Waals surface area contributed by atoms with Crippen LogP contribution in [0.5, 0.6) is 0 Å². The molecule has 1 heterocycles. The summed E-state index contributed by atoms with van der Waals surface area (Å²) in [4.78, 5) is 43.0. The van der Waals surface area contributed by atoms with Gasteiger partial charge in [0.15, 0.2) is 5.96 Å². The largest absolute Gasteiger partial charge is 0.480 e. The summed E-state index contributed by atoms with van der Waals surface area (Å²) in [7, 11) is 0. The van der Waals surface area contributed by atoms with Gasteiger partial charge in [0.2, 0.25) is 11.8 Å². The van der Waals surface area contributed by atoms with Crippen molar-refractivity contribution in [1.82, 2.24) is 15.6 Å². The quantitative estimate of drug-likeness (QED) is 0.137. The van der Waals surface area contributed by atoms with Crippen LogP contribution in [0.25, 0.3) is 10.9 Å². The summed E-state index contributed by atoms with van der Waals surface area (Å²) >= 11 is 0. The van der Waals surface area contributed by atoms with Crippen molar-refractivity contribution in [3.8, 4) is 0 Å². The van der Waals surface area contributed by atoms with E-state index in [0.29, 0.717) is 6.42 Å². The van der Waals surface area contributed by atoms with Crippen molar-refractivity contribution >= 4 is 34.6 Å². The maximum absolute atomic E-state index is 12.7. The van der Waals surface area contributed by atoms with Crippen LogP contribution in [0.2, 0.25) is 0 Å². The van der Waals surface area contributed by atoms with Gasteiger partial charge in [-0.1, -0.05) is 18.2 Å². The minimum absolute atomic E-state index is 0.0722. The second-order valence-corrected chi connectivity index (χ2v) is 6.64. The first-order valence-corrected chi connectivity index (χ1v) is 9.30. The molecule has 30 heavy (non-hydrogen) atoms. The van der Waals surface area contributed by atoms with Crippen LogP contribution in [-0.4, -0.2) is 52.5 Å². The number of amides is 2. The van der Waals surface area contributed by atoms with Gasteiger partial charge in [-0.15, -0.1) is 0 Å². The molecule has 0 spiro atoms. The maximum Gasteiger partial charge on any atom is 0.326 e. The number of nitrogens with two attached hydrogens (primary N) is 3. The molecule has 0 aliphatic rings. The van der Waals surface area contributed by atoms with Crippen LogP contribution >= 0.6 is 0 Å². The fourth-order valence-electron chi connectivity index (χ4n) is 2.99. The molecule has 2 amide bonds. The standard InChI is InChI=1S/C19H26N7O4/c20-9-16(27)25-14(6-3-7-23-19(21)22)17(28)26-15(18(29)30)8-11-10-24-13-5-2-1-4-12(11)13/h1-2,4-5,9-10,14-15,24H,3,6-8,20H2,(H,25,27)(H,26,28)(H,29,30)(H4,21,22,23). The molecule has 2 rings (SSSR count). The van der Waals surface area contributed by atoms with E-state index in [2.05, 4.69) is 20.6 Å². The molecular weight excluding hydrogens is 390 g/mol. The van der Waals surface area contributed by atoms with Crippen molar-refractivity contribution in [3.63, 3.8) is 0 Å². The Kier molecular flexibility index (Phi) is 8.18. The maximum atomic E-state index is 12.7. The first-order chi connectivity index (χ1) is 14.3. The molecule has 0 aliphatic heterocycles. The molecule has 0 saturated heterocycles. The molecule has 1 aromatic carbocycles. The Morgan fingerprint density at radius 2 is 1.90 bits per heavy atom. The lowest BCUT2D eigenvalue weighted by molar-refractivity contribution is -0.142. The van der Waals surface area contributed by atoms with Crippen LogP contribution in [0.1, 0.15) is 18.4 Å². The number of aliphatic carboxylic acids is 1. The third-order valence-electron chi connectivity index (χ3n) is 4.44. The highest BCUT2D eigenvalue weighted by molar-refractivity contribution is 5.93. The topological polar surface area (TPSA) is 202 Å². The number of fused-ring (bicyclic) bond motifs is 1. The summed E-state index contributed by atoms with van der Waals surface area (Å²) in [5.74, 6) is -2.56. The normalized spacial score (nSPS) is 12.7. The average Bonchev–Trinajstić information content (AvgIpc) is 3.12. The number of hydrogen-bond donors (Lipinski definition) is 7. The fraction of sp³-hybridized carbons (Fsp3) is 0.316. The first kappa shape index (κ1) is 22.7. The Hall–Kier alpha value is -3.60. The average molecular weight is 416 g/mol. The van der Waals surface area contributed by atoms with E-state index in [0.717, 1.165) is 23.0 Å². The van der Waals surface area contributed by atoms with Crippen molar-refractivity contribution in [2.24, 2.45) is 22.2 Å². The first-order valence-electron chi connectivity index (χ1n) is 9.30. The van der Waals surface area contributed by atoms with E-state index in [1.165, 1.54) is 0 Å². The number of para-hydroxylation sites is 1. The number of aromatic amines is 1. The van der Waals surface area contributed by atoms with E-state index in [4.69, 9.17) is 17.2 Å². The van der Waals surface area contributed by atoms with Gasteiger partial charge >= 0.3 is 5.97 Å². The Bertz CT molecular complexity index is 920. The number of aromatic nitrogens is 1. The summed E-state index contributed by atoms with van der Waals surface area (Å²) in [6.07, 6.45) is 2.37. The third kappa shape index (κ3) is 6.48. The summed E-state index contributed by atoms with van der Waals surface area (Å²) in [5.41, 5.74) is 17.3. The van der Waals surface area contributed by atoms with Crippen LogP contribution in [0.3, 0.4) is 0 Å². The second kappa shape index (κ2) is 10.8. The molecule has 1 aromatic heterocycles. The van der Waals surface area contributed by atoms with Crippen LogP contribution in [0.15, 0.2) is 35.5 Å². The minimum atomic E-state index is -1.19. The lowest BCUT2D eigenvalue weighted by Gasteiger charge is -2.21. The van der Waals surface area contributed by atoms with E-state index in [-0.39, 0.29) is 25.3 Å². The number of hydrogen-bond acceptors (Lipinski definition) is 5. The highest BCUT2D eigenvalue weighted by Crippen LogP contribution is 2.19. The van der Waals surface area contributed by atoms with Gasteiger partial charge in [-0.2, -0.15) is 0 Å². The zero-order valence-corrected chi connectivity index (χ0v) is 16.3. The van der Waals surface area contributed by atoms with Gasteiger partial charge < -0.3 is 37.9 Å². The lowest BCUT2D eigenvalue weighted by Crippen LogP contribution is -2.52. The molecule has 0 bridgehead atoms. The molecule has 2 unspecified atom stereocenters. The molecule has 2 aromatic rings. The molecule has 1 radical (unpaired) electrons. The number of nitrogens with zero attached hydrogens (tertiary/aromatic N) is 1. The van der Waals surface area contributed by atoms with Crippen LogP contribution in [0, 0.1) is 6.54 Å². The fourth-order valence-corrected chi connectivity index (χ4v) is 2.99. The highest BCUT2D eigenvalue weighted by atomic mass is 16.4. The SMILES string of the molecule is N[CH]C(=O)NC(CCCN=C(N)N)C(=O)NC(Cc1c[nH]c2ccccc12)C(=O)O. The number of carbonyl (C=O) groups is 3. The molecule has 0 aliphatic carbocycles. The van der Waals surface area contributed by atoms with Crippen LogP contribution in [0.4, 0.5) is 0 Å². The van der Waals surface area contributed by atoms with Crippen molar-refractivity contribution in [2.75, 3.05) is 6.54 Å². The number of carboxylic acid groups (broad SMARTS) is 1. The van der Waals surface area contributed by atoms with Crippen molar-refractivity contribution in [2.45, 2.75) is 31.3 Å². The van der Waals surface area contributed by atoms with Crippen molar-refractivity contribution in [3.05, 3.63) is 42.6 Å². The Balaban J connectivity index is 2.09. The minimum Gasteiger partial charge on any atom is -0.480 e. The Morgan fingerprint density at radius 1 is 1.17 bits per heavy atom. The number of rotatable bonds is 11. The summed E-state index contributed by atoms with van der Waals surface area (Å²) in [5, 5.41) is 15.4. The van der Waals surface area contributed by atoms with Gasteiger partial charge in [0.05, 0.1) is 0 Å². The van der Waals surface area contributed by atoms with Gasteiger partial charge in [-0.25, -0.2) is 4.79 Å². The molecular formula is C19H26N7O4. The molecule has 0 saturated carbocycles. The van der Waals surface area contributed by atoms with Gasteiger partial charge in [0.25, 0.3) is 0 Å². The summed E-state index contributed by atoms with van der Waals surface area (Å²) in [6.45, 7) is 1.04. The van der Waals surface area contributed by atoms with Crippen LogP contribution < -0.4 is 27.8 Å². The molecule has 10 N–H and O–H groups in total. The summed E-state index contributed by atoms with van der Waals surface area (Å²) < 4.78 is 0. The number of nitrogens with one attached hydrogen (secondary N) is 3. The zero-order chi connectivity index (χ0) is 22.1. The number of benzene rings is 1. The van der Waals surface area contributed by atoms with Crippen molar-refractivity contribution < 1.29 is 19.5 Å². The predicted molar refractivity (Wildman–Crippen MR) is 112 cm³/mol. The monoisotopic (exact) mass is 416 g/mol. The number of H-pyrrole nitrogens is 1.